The average Bonchev–Trinajstić information content (AvgIpc) is 3.09. The molecule has 0 unspecified atom stereocenters. The first-order chi connectivity index (χ1) is 11.9. The van der Waals surface area contributed by atoms with Gasteiger partial charge in [-0.2, -0.15) is 5.10 Å². The number of rotatable bonds is 0. The number of aliphatic hydroxyl groups excluding tert-OH is 2. The molecule has 25 heavy (non-hydrogen) atoms. The van der Waals surface area contributed by atoms with Crippen LogP contribution in [0.5, 0.6) is 0 Å². The van der Waals surface area contributed by atoms with Crippen molar-refractivity contribution >= 4 is 5.71 Å². The van der Waals surface area contributed by atoms with Crippen LogP contribution in [0.4, 0.5) is 0 Å². The lowest BCUT2D eigenvalue weighted by atomic mass is 9.60. The molecule has 2 aliphatic heterocycles. The maximum atomic E-state index is 10.7. The molecule has 5 aliphatic rings. The summed E-state index contributed by atoms with van der Waals surface area (Å²) in [5.41, 5.74) is 2.52. The summed E-state index contributed by atoms with van der Waals surface area (Å²) in [4.78, 5) is 0. The van der Waals surface area contributed by atoms with Gasteiger partial charge in [-0.05, 0) is 55.6 Å². The first kappa shape index (κ1) is 16.0. The van der Waals surface area contributed by atoms with E-state index in [4.69, 9.17) is 10.6 Å². The molecule has 136 valence electrons. The van der Waals surface area contributed by atoms with Crippen molar-refractivity contribution in [1.29, 1.82) is 0 Å². The molecule has 2 spiro atoms. The lowest BCUT2D eigenvalue weighted by Gasteiger charge is -2.54. The zero-order valence-corrected chi connectivity index (χ0v) is 15.0. The molecule has 3 fully saturated rings. The highest BCUT2D eigenvalue weighted by Gasteiger charge is 2.67. The van der Waals surface area contributed by atoms with Crippen LogP contribution in [0, 0.1) is 17.3 Å². The summed E-state index contributed by atoms with van der Waals surface area (Å²) < 4.78 is 6.94. The second-order valence-corrected chi connectivity index (χ2v) is 9.15. The van der Waals surface area contributed by atoms with E-state index in [1.807, 2.05) is 6.92 Å². The van der Waals surface area contributed by atoms with Crippen molar-refractivity contribution in [3.8, 4) is 0 Å². The normalized spacial score (nSPS) is 55.3. The van der Waals surface area contributed by atoms with Gasteiger partial charge in [0.2, 0.25) is 0 Å². The fourth-order valence-electron chi connectivity index (χ4n) is 6.72. The predicted octanol–water partition coefficient (Wildman–Crippen LogP) is 2.04. The Bertz CT molecular complexity index is 728. The third-order valence-corrected chi connectivity index (χ3v) is 8.04. The molecule has 7 atom stereocenters. The van der Waals surface area contributed by atoms with Gasteiger partial charge in [-0.3, -0.25) is 0 Å². The van der Waals surface area contributed by atoms with Crippen molar-refractivity contribution in [1.82, 2.24) is 0 Å². The summed E-state index contributed by atoms with van der Waals surface area (Å²) in [7, 11) is 0. The lowest BCUT2D eigenvalue weighted by molar-refractivity contribution is -0.158. The molecular weight excluding hydrogens is 316 g/mol. The summed E-state index contributed by atoms with van der Waals surface area (Å²) in [6.45, 7) is 4.30. The van der Waals surface area contributed by atoms with Gasteiger partial charge in [0.15, 0.2) is 0 Å². The van der Waals surface area contributed by atoms with E-state index in [1.54, 1.807) is 0 Å². The van der Waals surface area contributed by atoms with Gasteiger partial charge < -0.3 is 20.8 Å². The number of allylic oxidation sites excluding steroid dienone is 1. The molecule has 3 aliphatic carbocycles. The van der Waals surface area contributed by atoms with Crippen LogP contribution in [0.3, 0.4) is 0 Å². The van der Waals surface area contributed by atoms with Gasteiger partial charge in [-0.15, -0.1) is 0 Å². The van der Waals surface area contributed by atoms with Crippen molar-refractivity contribution in [3.05, 3.63) is 23.3 Å². The minimum absolute atomic E-state index is 0.0203. The van der Waals surface area contributed by atoms with Crippen LogP contribution < -0.4 is 5.84 Å². The maximum absolute atomic E-state index is 10.7. The van der Waals surface area contributed by atoms with Crippen LogP contribution in [0.25, 0.3) is 0 Å². The molecule has 2 heterocycles. The van der Waals surface area contributed by atoms with Gasteiger partial charge in [0, 0.05) is 17.0 Å². The van der Waals surface area contributed by atoms with Crippen LogP contribution in [-0.2, 0) is 4.74 Å². The van der Waals surface area contributed by atoms with E-state index in [0.29, 0.717) is 5.92 Å². The van der Waals surface area contributed by atoms with E-state index in [-0.39, 0.29) is 16.9 Å². The third kappa shape index (κ3) is 1.72. The van der Waals surface area contributed by atoms with E-state index >= 15 is 0 Å². The fourth-order valence-corrected chi connectivity index (χ4v) is 6.72. The molecular formula is C20H28N2O3. The number of nitrogens with zero attached hydrogens (tertiary/aromatic N) is 1. The standard InChI is InChI=1S/C20H28N2O3/c1-11-10-19-7-8-20(25-19)12(9-13(19)17(24)16(11)23)5-6-18(2)14(20)3-4-15(18)22-21/h5,9,11,14,16-17,23-24H,3-4,6-8,10,21H2,1-2H3/b22-15+/t11-,14+,16+,17+,18-,19+,20+/m0/s1. The second kappa shape index (κ2) is 4.76. The molecule has 0 aromatic rings. The van der Waals surface area contributed by atoms with Crippen molar-refractivity contribution in [3.63, 3.8) is 0 Å². The Morgan fingerprint density at radius 1 is 1.32 bits per heavy atom. The monoisotopic (exact) mass is 344 g/mol. The molecule has 5 rings (SSSR count). The van der Waals surface area contributed by atoms with E-state index in [1.165, 1.54) is 5.57 Å². The zero-order valence-electron chi connectivity index (χ0n) is 15.0. The van der Waals surface area contributed by atoms with Gasteiger partial charge in [-0.25, -0.2) is 0 Å². The van der Waals surface area contributed by atoms with E-state index in [9.17, 15) is 10.2 Å². The van der Waals surface area contributed by atoms with E-state index in [2.05, 4.69) is 24.2 Å². The summed E-state index contributed by atoms with van der Waals surface area (Å²) in [5.74, 6) is 6.12. The van der Waals surface area contributed by atoms with Crippen LogP contribution in [0.1, 0.15) is 52.4 Å². The van der Waals surface area contributed by atoms with Crippen LogP contribution in [0.15, 0.2) is 28.4 Å². The first-order valence-corrected chi connectivity index (χ1v) is 9.63. The topological polar surface area (TPSA) is 88.1 Å². The highest BCUT2D eigenvalue weighted by molar-refractivity contribution is 5.93. The summed E-state index contributed by atoms with van der Waals surface area (Å²) >= 11 is 0. The highest BCUT2D eigenvalue weighted by atomic mass is 16.5. The zero-order chi connectivity index (χ0) is 17.6. The van der Waals surface area contributed by atoms with Crippen molar-refractivity contribution in [2.24, 2.45) is 28.2 Å². The fraction of sp³-hybridized carbons (Fsp3) is 0.750. The minimum atomic E-state index is -0.821. The van der Waals surface area contributed by atoms with Crippen molar-refractivity contribution < 1.29 is 14.9 Å². The van der Waals surface area contributed by atoms with Gasteiger partial charge in [0.05, 0.1) is 17.3 Å². The summed E-state index contributed by atoms with van der Waals surface area (Å²) in [6.07, 6.45) is 8.52. The Hall–Kier alpha value is -1.17. The van der Waals surface area contributed by atoms with E-state index in [0.717, 1.165) is 49.8 Å². The Morgan fingerprint density at radius 3 is 2.88 bits per heavy atom. The largest absolute Gasteiger partial charge is 0.390 e. The lowest BCUT2D eigenvalue weighted by Crippen LogP contribution is -2.58. The Morgan fingerprint density at radius 2 is 2.12 bits per heavy atom. The minimum Gasteiger partial charge on any atom is -0.390 e. The van der Waals surface area contributed by atoms with E-state index < -0.39 is 17.8 Å². The maximum Gasteiger partial charge on any atom is 0.104 e. The van der Waals surface area contributed by atoms with Gasteiger partial charge in [0.1, 0.15) is 6.10 Å². The van der Waals surface area contributed by atoms with Crippen molar-refractivity contribution in [2.75, 3.05) is 0 Å². The molecule has 2 saturated carbocycles. The number of hydrogen-bond acceptors (Lipinski definition) is 5. The second-order valence-electron chi connectivity index (χ2n) is 9.15. The molecule has 0 amide bonds. The van der Waals surface area contributed by atoms with Crippen molar-refractivity contribution in [2.45, 2.75) is 75.8 Å². The molecule has 2 bridgehead atoms. The van der Waals surface area contributed by atoms with Gasteiger partial charge >= 0.3 is 0 Å². The molecule has 5 heteroatoms. The first-order valence-electron chi connectivity index (χ1n) is 9.63. The quantitative estimate of drug-likeness (QED) is 0.463. The Kier molecular flexibility index (Phi) is 3.05. The number of hydrogen-bond donors (Lipinski definition) is 3. The van der Waals surface area contributed by atoms with Crippen LogP contribution in [-0.4, -0.2) is 39.3 Å². The number of nitrogens with two attached hydrogens (primary N) is 1. The Balaban J connectivity index is 1.65. The highest BCUT2D eigenvalue weighted by Crippen LogP contribution is 2.66. The number of ether oxygens (including phenoxy) is 1. The van der Waals surface area contributed by atoms with Gasteiger partial charge in [-0.1, -0.05) is 26.0 Å². The average molecular weight is 344 g/mol. The molecule has 0 aromatic carbocycles. The van der Waals surface area contributed by atoms with Crippen LogP contribution >= 0.6 is 0 Å². The molecule has 0 radical (unpaired) electrons. The molecule has 1 saturated heterocycles. The predicted molar refractivity (Wildman–Crippen MR) is 94.8 cm³/mol. The SMILES string of the molecule is C[C@H]1C[C@@]23CC[C@@]4(O2)C(=CC[C@]2(C)/C(=N/N)CC[C@@H]42)C=C3[C@@H](O)[C@@H]1O. The molecule has 4 N–H and O–H groups in total. The summed E-state index contributed by atoms with van der Waals surface area (Å²) in [6, 6.07) is 0. The summed E-state index contributed by atoms with van der Waals surface area (Å²) in [5, 5.41) is 25.2. The van der Waals surface area contributed by atoms with Crippen LogP contribution in [0.2, 0.25) is 0 Å². The number of aliphatic hydroxyl groups is 2. The number of fused-ring (bicyclic) bond motifs is 1. The molecule has 0 aromatic heterocycles. The van der Waals surface area contributed by atoms with Gasteiger partial charge in [0.25, 0.3) is 0 Å². The molecule has 5 nitrogen and oxygen atoms in total. The smallest absolute Gasteiger partial charge is 0.104 e. The third-order valence-electron chi connectivity index (χ3n) is 8.04. The number of hydrazone groups is 1. The Labute approximate surface area is 148 Å².